The van der Waals surface area contributed by atoms with Gasteiger partial charge in [-0.15, -0.1) is 11.3 Å². The third-order valence-electron chi connectivity index (χ3n) is 4.17. The van der Waals surface area contributed by atoms with Crippen molar-refractivity contribution in [2.75, 3.05) is 56.7 Å². The first-order valence-corrected chi connectivity index (χ1v) is 11.3. The van der Waals surface area contributed by atoms with Crippen LogP contribution in [0.2, 0.25) is 0 Å². The highest BCUT2D eigenvalue weighted by atomic mass is 32.2. The molecular weight excluding hydrogens is 418 g/mol. The number of hydrogen-bond acceptors (Lipinski definition) is 10. The molecule has 1 saturated heterocycles. The minimum atomic E-state index is -3.83. The number of morpholine rings is 1. The predicted octanol–water partition coefficient (Wildman–Crippen LogP) is 0.860. The van der Waals surface area contributed by atoms with E-state index in [0.717, 1.165) is 30.2 Å². The fourth-order valence-electron chi connectivity index (χ4n) is 2.80. The number of thiophene rings is 1. The highest BCUT2D eigenvalue weighted by Crippen LogP contribution is 2.22. The van der Waals surface area contributed by atoms with Gasteiger partial charge in [0.15, 0.2) is 0 Å². The summed E-state index contributed by atoms with van der Waals surface area (Å²) in [6.45, 7) is 5.08. The molecule has 0 aromatic carbocycles. The number of esters is 1. The van der Waals surface area contributed by atoms with E-state index in [1.165, 1.54) is 18.6 Å². The average Bonchev–Trinajstić information content (AvgIpc) is 3.22. The molecule has 3 heterocycles. The van der Waals surface area contributed by atoms with Crippen molar-refractivity contribution in [2.24, 2.45) is 0 Å². The van der Waals surface area contributed by atoms with E-state index >= 15 is 0 Å². The Morgan fingerprint density at radius 2 is 2.07 bits per heavy atom. The van der Waals surface area contributed by atoms with E-state index in [1.54, 1.807) is 0 Å². The van der Waals surface area contributed by atoms with E-state index in [-0.39, 0.29) is 16.3 Å². The summed E-state index contributed by atoms with van der Waals surface area (Å²) in [6, 6.07) is 3.22. The summed E-state index contributed by atoms with van der Waals surface area (Å²) in [7, 11) is -2.61. The maximum atomic E-state index is 12.5. The van der Waals surface area contributed by atoms with Crippen molar-refractivity contribution in [2.45, 2.75) is 11.8 Å². The van der Waals surface area contributed by atoms with Crippen LogP contribution in [0.5, 0.6) is 0 Å². The number of ether oxygens (including phenoxy) is 2. The molecule has 0 atom stereocenters. The lowest BCUT2D eigenvalue weighted by Gasteiger charge is -2.28. The van der Waals surface area contributed by atoms with E-state index in [9.17, 15) is 13.2 Å². The third kappa shape index (κ3) is 5.41. The Labute approximate surface area is 173 Å². The van der Waals surface area contributed by atoms with Gasteiger partial charge in [0.05, 0.1) is 20.3 Å². The summed E-state index contributed by atoms with van der Waals surface area (Å²) in [4.78, 5) is 22.6. The standard InChI is InChI=1S/C17H23N5O5S2/c1-12-20-14(11-15(21-12)22-6-8-27-9-7-22)18-4-5-19-29(24,25)13-3-10-28-16(13)17(23)26-2/h3,10-11,19H,4-9H2,1-2H3,(H,18,20,21). The van der Waals surface area contributed by atoms with E-state index < -0.39 is 16.0 Å². The third-order valence-corrected chi connectivity index (χ3v) is 6.70. The van der Waals surface area contributed by atoms with Crippen LogP contribution in [0, 0.1) is 6.92 Å². The molecule has 0 saturated carbocycles. The molecule has 29 heavy (non-hydrogen) atoms. The highest BCUT2D eigenvalue weighted by Gasteiger charge is 2.24. The van der Waals surface area contributed by atoms with E-state index in [0.29, 0.717) is 31.4 Å². The van der Waals surface area contributed by atoms with Crippen molar-refractivity contribution in [3.05, 3.63) is 28.2 Å². The van der Waals surface area contributed by atoms with Crippen molar-refractivity contribution in [1.29, 1.82) is 0 Å². The molecule has 1 aliphatic rings. The first kappa shape index (κ1) is 21.4. The van der Waals surface area contributed by atoms with Crippen molar-refractivity contribution in [1.82, 2.24) is 14.7 Å². The second-order valence-corrected chi connectivity index (χ2v) is 8.84. The van der Waals surface area contributed by atoms with Crippen LogP contribution in [0.3, 0.4) is 0 Å². The molecule has 3 rings (SSSR count). The lowest BCUT2D eigenvalue weighted by Crippen LogP contribution is -2.37. The van der Waals surface area contributed by atoms with Gasteiger partial charge in [0.25, 0.3) is 0 Å². The monoisotopic (exact) mass is 441 g/mol. The number of carbonyl (C=O) groups is 1. The number of hydrogen-bond donors (Lipinski definition) is 2. The van der Waals surface area contributed by atoms with Crippen LogP contribution in [0.1, 0.15) is 15.5 Å². The second kappa shape index (κ2) is 9.48. The van der Waals surface area contributed by atoms with Crippen molar-refractivity contribution in [3.63, 3.8) is 0 Å². The zero-order chi connectivity index (χ0) is 20.9. The topological polar surface area (TPSA) is 123 Å². The minimum Gasteiger partial charge on any atom is -0.465 e. The lowest BCUT2D eigenvalue weighted by atomic mass is 10.4. The maximum absolute atomic E-state index is 12.5. The van der Waals surface area contributed by atoms with Gasteiger partial charge in [-0.2, -0.15) is 0 Å². The number of rotatable bonds is 8. The van der Waals surface area contributed by atoms with Gasteiger partial charge in [-0.05, 0) is 18.4 Å². The predicted molar refractivity (Wildman–Crippen MR) is 109 cm³/mol. The Morgan fingerprint density at radius 3 is 2.79 bits per heavy atom. The summed E-state index contributed by atoms with van der Waals surface area (Å²) >= 11 is 1.02. The van der Waals surface area contributed by atoms with Gasteiger partial charge in [0.2, 0.25) is 10.0 Å². The summed E-state index contributed by atoms with van der Waals surface area (Å²) in [5.74, 6) is 1.37. The molecule has 10 nitrogen and oxygen atoms in total. The van der Waals surface area contributed by atoms with Gasteiger partial charge < -0.3 is 19.7 Å². The number of carbonyl (C=O) groups excluding carboxylic acids is 1. The molecule has 1 aliphatic heterocycles. The van der Waals surface area contributed by atoms with Crippen molar-refractivity contribution in [3.8, 4) is 0 Å². The molecule has 0 spiro atoms. The summed E-state index contributed by atoms with van der Waals surface area (Å²) in [5, 5.41) is 4.64. The van der Waals surface area contributed by atoms with Gasteiger partial charge in [-0.1, -0.05) is 0 Å². The number of anilines is 2. The van der Waals surface area contributed by atoms with E-state index in [2.05, 4.69) is 29.6 Å². The molecule has 2 aromatic rings. The number of sulfonamides is 1. The number of nitrogens with zero attached hydrogens (tertiary/aromatic N) is 3. The van der Waals surface area contributed by atoms with Crippen molar-refractivity contribution >= 4 is 39.0 Å². The maximum Gasteiger partial charge on any atom is 0.349 e. The molecule has 2 N–H and O–H groups in total. The molecule has 2 aromatic heterocycles. The molecule has 0 aliphatic carbocycles. The van der Waals surface area contributed by atoms with Crippen LogP contribution in [0.15, 0.2) is 22.4 Å². The number of nitrogens with one attached hydrogen (secondary N) is 2. The summed E-state index contributed by atoms with van der Waals surface area (Å²) in [6.07, 6.45) is 0. The number of aromatic nitrogens is 2. The summed E-state index contributed by atoms with van der Waals surface area (Å²) < 4.78 is 37.4. The number of methoxy groups -OCH3 is 1. The van der Waals surface area contributed by atoms with Crippen LogP contribution >= 0.6 is 11.3 Å². The summed E-state index contributed by atoms with van der Waals surface area (Å²) in [5.41, 5.74) is 0. The van der Waals surface area contributed by atoms with Gasteiger partial charge in [0, 0.05) is 32.2 Å². The van der Waals surface area contributed by atoms with E-state index in [1.807, 2.05) is 13.0 Å². The highest BCUT2D eigenvalue weighted by molar-refractivity contribution is 7.89. The molecule has 0 unspecified atom stereocenters. The van der Waals surface area contributed by atoms with Gasteiger partial charge in [-0.3, -0.25) is 0 Å². The van der Waals surface area contributed by atoms with Crippen LogP contribution in [-0.4, -0.2) is 70.9 Å². The fourth-order valence-corrected chi connectivity index (χ4v) is 5.17. The Bertz CT molecular complexity index is 957. The Balaban J connectivity index is 1.58. The lowest BCUT2D eigenvalue weighted by molar-refractivity contribution is 0.0602. The van der Waals surface area contributed by atoms with Crippen LogP contribution in [0.4, 0.5) is 11.6 Å². The zero-order valence-electron chi connectivity index (χ0n) is 16.2. The Hall–Kier alpha value is -2.28. The van der Waals surface area contributed by atoms with Gasteiger partial charge in [0.1, 0.15) is 27.2 Å². The van der Waals surface area contributed by atoms with E-state index in [4.69, 9.17) is 4.74 Å². The molecule has 0 amide bonds. The fraction of sp³-hybridized carbons (Fsp3) is 0.471. The molecule has 0 radical (unpaired) electrons. The van der Waals surface area contributed by atoms with Crippen molar-refractivity contribution < 1.29 is 22.7 Å². The quantitative estimate of drug-likeness (QED) is 0.453. The van der Waals surface area contributed by atoms with Crippen LogP contribution in [0.25, 0.3) is 0 Å². The molecule has 1 fully saturated rings. The second-order valence-electron chi connectivity index (χ2n) is 6.19. The van der Waals surface area contributed by atoms with Crippen LogP contribution in [-0.2, 0) is 19.5 Å². The molecule has 158 valence electrons. The molecule has 12 heteroatoms. The zero-order valence-corrected chi connectivity index (χ0v) is 17.8. The SMILES string of the molecule is COC(=O)c1sccc1S(=O)(=O)NCCNc1cc(N2CCOCC2)nc(C)n1. The Kier molecular flexibility index (Phi) is 7.00. The molecule has 0 bridgehead atoms. The minimum absolute atomic E-state index is 0.0505. The molecular formula is C17H23N5O5S2. The van der Waals surface area contributed by atoms with Crippen LogP contribution < -0.4 is 14.9 Å². The van der Waals surface area contributed by atoms with Gasteiger partial charge in [-0.25, -0.2) is 27.9 Å². The largest absolute Gasteiger partial charge is 0.465 e. The normalized spacial score (nSPS) is 14.6. The smallest absolute Gasteiger partial charge is 0.349 e. The average molecular weight is 442 g/mol. The first-order valence-electron chi connectivity index (χ1n) is 8.98. The Morgan fingerprint density at radius 1 is 1.31 bits per heavy atom. The number of aryl methyl sites for hydroxylation is 1. The van der Waals surface area contributed by atoms with Gasteiger partial charge >= 0.3 is 5.97 Å². The first-order chi connectivity index (χ1) is 13.9.